The van der Waals surface area contributed by atoms with Crippen molar-refractivity contribution in [1.29, 1.82) is 0 Å². The highest BCUT2D eigenvalue weighted by molar-refractivity contribution is 6.06. The fourth-order valence-corrected chi connectivity index (χ4v) is 3.61. The molecule has 1 aromatic heterocycles. The fraction of sp³-hybridized carbons (Fsp3) is 0.148. The third-order valence-corrected chi connectivity index (χ3v) is 5.68. The summed E-state index contributed by atoms with van der Waals surface area (Å²) >= 11 is 0. The zero-order valence-corrected chi connectivity index (χ0v) is 18.9. The van der Waals surface area contributed by atoms with E-state index in [0.717, 1.165) is 16.7 Å². The number of carbonyl (C=O) groups is 1. The van der Waals surface area contributed by atoms with Crippen LogP contribution in [0.15, 0.2) is 71.5 Å². The van der Waals surface area contributed by atoms with E-state index in [1.54, 1.807) is 13.0 Å². The van der Waals surface area contributed by atoms with Crippen LogP contribution in [0, 0.1) is 33.5 Å². The van der Waals surface area contributed by atoms with Gasteiger partial charge in [0.2, 0.25) is 5.43 Å². The van der Waals surface area contributed by atoms with E-state index in [9.17, 15) is 14.0 Å². The number of aryl methyl sites for hydroxylation is 4. The summed E-state index contributed by atoms with van der Waals surface area (Å²) in [6, 6.07) is 18.9. The number of amides is 1. The quantitative estimate of drug-likeness (QED) is 0.453. The Kier molecular flexibility index (Phi) is 5.92. The Hall–Kier alpha value is -4.06. The molecule has 0 saturated carbocycles. The third kappa shape index (κ3) is 4.32. The number of nitrogens with one attached hydrogen (secondary N) is 1. The topological polar surface area (TPSA) is 64.0 Å². The molecule has 0 saturated heterocycles. The molecule has 0 unspecified atom stereocenters. The molecule has 3 aromatic carbocycles. The molecule has 0 spiro atoms. The van der Waals surface area contributed by atoms with E-state index >= 15 is 0 Å². The molecule has 5 nitrogen and oxygen atoms in total. The van der Waals surface area contributed by atoms with Crippen LogP contribution in [0.4, 0.5) is 10.2 Å². The van der Waals surface area contributed by atoms with Crippen LogP contribution in [0.5, 0.6) is 0 Å². The smallest absolute Gasteiger partial charge is 0.259 e. The number of nitrogens with zero attached hydrogens (tertiary/aromatic N) is 2. The van der Waals surface area contributed by atoms with Gasteiger partial charge in [0.25, 0.3) is 5.91 Å². The van der Waals surface area contributed by atoms with Gasteiger partial charge in [0.15, 0.2) is 0 Å². The van der Waals surface area contributed by atoms with E-state index in [1.165, 1.54) is 22.9 Å². The van der Waals surface area contributed by atoms with E-state index in [0.29, 0.717) is 16.8 Å². The second-order valence-electron chi connectivity index (χ2n) is 8.12. The normalized spacial score (nSPS) is 10.8. The molecule has 0 atom stereocenters. The Labute approximate surface area is 191 Å². The van der Waals surface area contributed by atoms with Crippen LogP contribution < -0.4 is 10.7 Å². The lowest BCUT2D eigenvalue weighted by molar-refractivity contribution is 0.102. The molecule has 1 heterocycles. The van der Waals surface area contributed by atoms with Crippen LogP contribution >= 0.6 is 0 Å². The van der Waals surface area contributed by atoms with Crippen LogP contribution in [-0.4, -0.2) is 15.7 Å². The van der Waals surface area contributed by atoms with Gasteiger partial charge in [-0.3, -0.25) is 9.59 Å². The second-order valence-corrected chi connectivity index (χ2v) is 8.12. The molecule has 0 aliphatic rings. The van der Waals surface area contributed by atoms with Gasteiger partial charge >= 0.3 is 0 Å². The molecule has 0 bridgehead atoms. The van der Waals surface area contributed by atoms with Crippen LogP contribution in [0.2, 0.25) is 0 Å². The van der Waals surface area contributed by atoms with Gasteiger partial charge < -0.3 is 5.32 Å². The van der Waals surface area contributed by atoms with Crippen molar-refractivity contribution in [3.63, 3.8) is 0 Å². The summed E-state index contributed by atoms with van der Waals surface area (Å²) in [4.78, 5) is 26.3. The van der Waals surface area contributed by atoms with Gasteiger partial charge in [-0.15, -0.1) is 0 Å². The number of anilines is 1. The molecule has 0 aliphatic heterocycles. The van der Waals surface area contributed by atoms with Crippen molar-refractivity contribution in [2.24, 2.45) is 0 Å². The second kappa shape index (κ2) is 8.82. The lowest BCUT2D eigenvalue weighted by Gasteiger charge is -2.19. The molecular weight excluding hydrogens is 417 g/mol. The summed E-state index contributed by atoms with van der Waals surface area (Å²) in [5.74, 6) is -1.12. The summed E-state index contributed by atoms with van der Waals surface area (Å²) in [6.07, 6.45) is 0. The molecule has 4 rings (SSSR count). The lowest BCUT2D eigenvalue weighted by Crippen LogP contribution is -2.25. The highest BCUT2D eigenvalue weighted by Crippen LogP contribution is 2.28. The predicted octanol–water partition coefficient (Wildman–Crippen LogP) is 5.52. The van der Waals surface area contributed by atoms with Gasteiger partial charge in [0.1, 0.15) is 17.3 Å². The van der Waals surface area contributed by atoms with Crippen LogP contribution in [0.3, 0.4) is 0 Å². The van der Waals surface area contributed by atoms with Crippen molar-refractivity contribution in [1.82, 2.24) is 9.78 Å². The molecule has 4 aromatic rings. The maximum Gasteiger partial charge on any atom is 0.259 e. The first-order chi connectivity index (χ1) is 15.8. The van der Waals surface area contributed by atoms with Crippen LogP contribution in [0.1, 0.15) is 32.7 Å². The molecule has 1 amide bonds. The Balaban J connectivity index is 1.99. The molecule has 0 aliphatic carbocycles. The number of hydrogen-bond donors (Lipinski definition) is 1. The summed E-state index contributed by atoms with van der Waals surface area (Å²) in [5.41, 5.74) is 4.65. The maximum atomic E-state index is 14.3. The molecule has 33 heavy (non-hydrogen) atoms. The monoisotopic (exact) mass is 441 g/mol. The number of rotatable bonds is 4. The Morgan fingerprint density at radius 2 is 1.61 bits per heavy atom. The minimum Gasteiger partial charge on any atom is -0.306 e. The largest absolute Gasteiger partial charge is 0.306 e. The van der Waals surface area contributed by atoms with Crippen LogP contribution in [0.25, 0.3) is 16.8 Å². The minimum atomic E-state index is -0.663. The average Bonchev–Trinajstić information content (AvgIpc) is 2.79. The highest BCUT2D eigenvalue weighted by atomic mass is 19.1. The Morgan fingerprint density at radius 1 is 0.909 bits per heavy atom. The number of halogens is 1. The highest BCUT2D eigenvalue weighted by Gasteiger charge is 2.22. The molecule has 0 radical (unpaired) electrons. The van der Waals surface area contributed by atoms with E-state index in [4.69, 9.17) is 0 Å². The molecule has 166 valence electrons. The van der Waals surface area contributed by atoms with Gasteiger partial charge in [0, 0.05) is 0 Å². The van der Waals surface area contributed by atoms with Gasteiger partial charge in [-0.1, -0.05) is 48.0 Å². The maximum absolute atomic E-state index is 14.3. The van der Waals surface area contributed by atoms with E-state index in [-0.39, 0.29) is 22.5 Å². The molecule has 0 fully saturated rings. The average molecular weight is 442 g/mol. The van der Waals surface area contributed by atoms with Crippen molar-refractivity contribution in [2.75, 3.05) is 5.32 Å². The van der Waals surface area contributed by atoms with Crippen molar-refractivity contribution >= 4 is 11.7 Å². The van der Waals surface area contributed by atoms with Gasteiger partial charge in [0.05, 0.1) is 16.8 Å². The SMILES string of the molecule is Cc1ccc(-c2c(NC(=O)c3ccccc3F)n(-c3ccc(C)c(C)c3)nc(C)c2=O)cc1. The standard InChI is InChI=1S/C27H24FN3O2/c1-16-9-12-20(13-10-16)24-25(32)19(4)30-31(21-14-11-17(2)18(3)15-21)26(24)29-27(33)22-7-5-6-8-23(22)28/h5-15H,1-4H3,(H,29,33). The third-order valence-electron chi connectivity index (χ3n) is 5.68. The lowest BCUT2D eigenvalue weighted by atomic mass is 10.0. The summed E-state index contributed by atoms with van der Waals surface area (Å²) < 4.78 is 15.9. The number of hydrogen-bond acceptors (Lipinski definition) is 3. The number of aromatic nitrogens is 2. The van der Waals surface area contributed by atoms with Crippen molar-refractivity contribution < 1.29 is 9.18 Å². The Morgan fingerprint density at radius 3 is 2.27 bits per heavy atom. The zero-order chi connectivity index (χ0) is 23.7. The number of benzene rings is 3. The Bertz CT molecular complexity index is 1420. The van der Waals surface area contributed by atoms with E-state index in [1.807, 2.05) is 63.2 Å². The van der Waals surface area contributed by atoms with Crippen molar-refractivity contribution in [2.45, 2.75) is 27.7 Å². The first kappa shape index (κ1) is 22.1. The molecule has 6 heteroatoms. The first-order valence-corrected chi connectivity index (χ1v) is 10.6. The van der Waals surface area contributed by atoms with Crippen molar-refractivity contribution in [3.05, 3.63) is 111 Å². The van der Waals surface area contributed by atoms with Crippen molar-refractivity contribution in [3.8, 4) is 16.8 Å². The zero-order valence-electron chi connectivity index (χ0n) is 18.9. The van der Waals surface area contributed by atoms with Gasteiger partial charge in [-0.25, -0.2) is 9.07 Å². The van der Waals surface area contributed by atoms with Gasteiger partial charge in [-0.05, 0) is 68.7 Å². The first-order valence-electron chi connectivity index (χ1n) is 10.6. The van der Waals surface area contributed by atoms with E-state index in [2.05, 4.69) is 10.4 Å². The summed E-state index contributed by atoms with van der Waals surface area (Å²) in [7, 11) is 0. The summed E-state index contributed by atoms with van der Waals surface area (Å²) in [5, 5.41) is 7.25. The minimum absolute atomic E-state index is 0.119. The van der Waals surface area contributed by atoms with E-state index < -0.39 is 11.7 Å². The number of carbonyl (C=O) groups excluding carboxylic acids is 1. The molecule has 1 N–H and O–H groups in total. The van der Waals surface area contributed by atoms with Crippen LogP contribution in [-0.2, 0) is 0 Å². The predicted molar refractivity (Wildman–Crippen MR) is 129 cm³/mol. The fourth-order valence-electron chi connectivity index (χ4n) is 3.61. The van der Waals surface area contributed by atoms with Gasteiger partial charge in [-0.2, -0.15) is 5.10 Å². The molecular formula is C27H24FN3O2. The summed E-state index contributed by atoms with van der Waals surface area (Å²) in [6.45, 7) is 7.57.